The highest BCUT2D eigenvalue weighted by Crippen LogP contribution is 2.28. The SMILES string of the molecule is O=C(N[C@@H]1CC(Cn2cccn2)C[C@H]1O)c1ncccc1-c1ccccn1. The van der Waals surface area contributed by atoms with E-state index in [1.165, 1.54) is 0 Å². The number of amides is 1. The smallest absolute Gasteiger partial charge is 0.270 e. The first kappa shape index (κ1) is 17.4. The molecule has 0 aliphatic heterocycles. The van der Waals surface area contributed by atoms with Gasteiger partial charge in [0.05, 0.1) is 17.8 Å². The Labute approximate surface area is 157 Å². The number of aliphatic hydroxyl groups excluding tert-OH is 1. The fraction of sp³-hybridized carbons (Fsp3) is 0.300. The molecule has 1 aliphatic rings. The van der Waals surface area contributed by atoms with Crippen molar-refractivity contribution in [3.8, 4) is 11.3 Å². The van der Waals surface area contributed by atoms with Crippen molar-refractivity contribution in [3.63, 3.8) is 0 Å². The molecule has 3 aromatic rings. The van der Waals surface area contributed by atoms with Crippen LogP contribution in [-0.4, -0.2) is 42.9 Å². The second kappa shape index (κ2) is 7.67. The molecule has 3 heterocycles. The molecule has 0 aromatic carbocycles. The Hall–Kier alpha value is -3.06. The van der Waals surface area contributed by atoms with Crippen LogP contribution in [0.4, 0.5) is 0 Å². The van der Waals surface area contributed by atoms with Gasteiger partial charge in [-0.15, -0.1) is 0 Å². The summed E-state index contributed by atoms with van der Waals surface area (Å²) in [6.07, 6.45) is 7.70. The van der Waals surface area contributed by atoms with Gasteiger partial charge < -0.3 is 10.4 Å². The Morgan fingerprint density at radius 3 is 2.78 bits per heavy atom. The molecule has 1 fully saturated rings. The molecular formula is C20H21N5O2. The molecule has 1 unspecified atom stereocenters. The van der Waals surface area contributed by atoms with Gasteiger partial charge in [-0.3, -0.25) is 19.4 Å². The van der Waals surface area contributed by atoms with Crippen LogP contribution in [0.2, 0.25) is 0 Å². The van der Waals surface area contributed by atoms with Crippen molar-refractivity contribution < 1.29 is 9.90 Å². The fourth-order valence-corrected chi connectivity index (χ4v) is 3.65. The third-order valence-electron chi connectivity index (χ3n) is 4.91. The van der Waals surface area contributed by atoms with Crippen molar-refractivity contribution in [2.75, 3.05) is 0 Å². The quantitative estimate of drug-likeness (QED) is 0.722. The van der Waals surface area contributed by atoms with Gasteiger partial charge in [0.1, 0.15) is 5.69 Å². The second-order valence-corrected chi connectivity index (χ2v) is 6.83. The van der Waals surface area contributed by atoms with Gasteiger partial charge in [0.15, 0.2) is 0 Å². The van der Waals surface area contributed by atoms with Gasteiger partial charge in [-0.2, -0.15) is 5.10 Å². The zero-order valence-electron chi connectivity index (χ0n) is 14.8. The van der Waals surface area contributed by atoms with E-state index in [9.17, 15) is 9.90 Å². The van der Waals surface area contributed by atoms with Gasteiger partial charge in [-0.1, -0.05) is 6.07 Å². The lowest BCUT2D eigenvalue weighted by Crippen LogP contribution is -2.40. The number of hydrogen-bond donors (Lipinski definition) is 2. The predicted octanol–water partition coefficient (Wildman–Crippen LogP) is 1.91. The first-order valence-corrected chi connectivity index (χ1v) is 9.03. The van der Waals surface area contributed by atoms with Crippen molar-refractivity contribution in [1.29, 1.82) is 0 Å². The number of nitrogens with zero attached hydrogens (tertiary/aromatic N) is 4. The maximum atomic E-state index is 12.8. The summed E-state index contributed by atoms with van der Waals surface area (Å²) in [5.74, 6) is -0.0239. The van der Waals surface area contributed by atoms with E-state index in [2.05, 4.69) is 20.4 Å². The summed E-state index contributed by atoms with van der Waals surface area (Å²) in [6.45, 7) is 0.735. The number of carbonyl (C=O) groups excluding carboxylic acids is 1. The Morgan fingerprint density at radius 2 is 2.00 bits per heavy atom. The standard InChI is InChI=1S/C20H21N5O2/c26-18-12-14(13-25-10-4-9-23-25)11-17(18)24-20(27)19-15(5-3-8-22-19)16-6-1-2-7-21-16/h1-10,14,17-18,26H,11-13H2,(H,24,27)/t14?,17-,18-/m1/s1. The summed E-state index contributed by atoms with van der Waals surface area (Å²) < 4.78 is 1.86. The minimum atomic E-state index is -0.573. The van der Waals surface area contributed by atoms with Gasteiger partial charge in [-0.05, 0) is 49.1 Å². The van der Waals surface area contributed by atoms with Crippen molar-refractivity contribution in [2.24, 2.45) is 5.92 Å². The summed E-state index contributed by atoms with van der Waals surface area (Å²) >= 11 is 0. The van der Waals surface area contributed by atoms with E-state index in [4.69, 9.17) is 0 Å². The molecule has 1 aliphatic carbocycles. The van der Waals surface area contributed by atoms with E-state index in [-0.39, 0.29) is 17.9 Å². The molecule has 1 amide bonds. The van der Waals surface area contributed by atoms with E-state index in [0.29, 0.717) is 29.8 Å². The minimum absolute atomic E-state index is 0.268. The van der Waals surface area contributed by atoms with Crippen LogP contribution in [0.1, 0.15) is 23.3 Å². The van der Waals surface area contributed by atoms with Crippen LogP contribution in [0.15, 0.2) is 61.2 Å². The van der Waals surface area contributed by atoms with Crippen molar-refractivity contribution in [2.45, 2.75) is 31.5 Å². The van der Waals surface area contributed by atoms with E-state index in [1.54, 1.807) is 24.7 Å². The number of nitrogens with one attached hydrogen (secondary N) is 1. The number of pyridine rings is 2. The van der Waals surface area contributed by atoms with E-state index in [1.807, 2.05) is 41.2 Å². The average Bonchev–Trinajstić information content (AvgIpc) is 3.32. The maximum absolute atomic E-state index is 12.8. The topological polar surface area (TPSA) is 92.9 Å². The lowest BCUT2D eigenvalue weighted by atomic mass is 10.1. The third kappa shape index (κ3) is 3.88. The van der Waals surface area contributed by atoms with Crippen LogP contribution in [0.5, 0.6) is 0 Å². The molecule has 3 aromatic heterocycles. The van der Waals surface area contributed by atoms with E-state index in [0.717, 1.165) is 6.54 Å². The number of carbonyl (C=O) groups is 1. The average molecular weight is 363 g/mol. The predicted molar refractivity (Wildman–Crippen MR) is 99.7 cm³/mol. The maximum Gasteiger partial charge on any atom is 0.270 e. The Bertz CT molecular complexity index is 898. The second-order valence-electron chi connectivity index (χ2n) is 6.83. The third-order valence-corrected chi connectivity index (χ3v) is 4.91. The first-order valence-electron chi connectivity index (χ1n) is 9.03. The lowest BCUT2D eigenvalue weighted by molar-refractivity contribution is 0.0868. The number of aromatic nitrogens is 4. The molecular weight excluding hydrogens is 342 g/mol. The normalized spacial score (nSPS) is 21.9. The Morgan fingerprint density at radius 1 is 1.11 bits per heavy atom. The van der Waals surface area contributed by atoms with Gasteiger partial charge in [0.25, 0.3) is 5.91 Å². The highest BCUT2D eigenvalue weighted by atomic mass is 16.3. The summed E-state index contributed by atoms with van der Waals surface area (Å²) in [7, 11) is 0. The molecule has 3 atom stereocenters. The molecule has 2 N–H and O–H groups in total. The highest BCUT2D eigenvalue weighted by Gasteiger charge is 2.34. The Balaban J connectivity index is 1.47. The number of hydrogen-bond acceptors (Lipinski definition) is 5. The van der Waals surface area contributed by atoms with Gasteiger partial charge in [-0.25, -0.2) is 0 Å². The molecule has 27 heavy (non-hydrogen) atoms. The summed E-state index contributed by atoms with van der Waals surface area (Å²) in [5, 5.41) is 17.6. The number of rotatable bonds is 5. The van der Waals surface area contributed by atoms with Crippen molar-refractivity contribution >= 4 is 5.91 Å². The van der Waals surface area contributed by atoms with Crippen molar-refractivity contribution in [3.05, 3.63) is 66.9 Å². The molecule has 0 radical (unpaired) electrons. The molecule has 0 saturated heterocycles. The lowest BCUT2D eigenvalue weighted by Gasteiger charge is -2.17. The molecule has 4 rings (SSSR count). The molecule has 138 valence electrons. The molecule has 0 bridgehead atoms. The van der Waals surface area contributed by atoms with Crippen LogP contribution in [0, 0.1) is 5.92 Å². The largest absolute Gasteiger partial charge is 0.391 e. The van der Waals surface area contributed by atoms with Crippen LogP contribution >= 0.6 is 0 Å². The zero-order chi connectivity index (χ0) is 18.6. The molecule has 7 heteroatoms. The number of aliphatic hydroxyl groups is 1. The molecule has 1 saturated carbocycles. The monoisotopic (exact) mass is 363 g/mol. The van der Waals surface area contributed by atoms with Gasteiger partial charge in [0, 0.05) is 36.9 Å². The van der Waals surface area contributed by atoms with Gasteiger partial charge in [0.2, 0.25) is 0 Å². The molecule has 0 spiro atoms. The fourth-order valence-electron chi connectivity index (χ4n) is 3.65. The van der Waals surface area contributed by atoms with Crippen LogP contribution in [0.3, 0.4) is 0 Å². The van der Waals surface area contributed by atoms with Crippen LogP contribution in [-0.2, 0) is 6.54 Å². The van der Waals surface area contributed by atoms with Crippen LogP contribution in [0.25, 0.3) is 11.3 Å². The van der Waals surface area contributed by atoms with Crippen molar-refractivity contribution in [1.82, 2.24) is 25.1 Å². The van der Waals surface area contributed by atoms with E-state index >= 15 is 0 Å². The van der Waals surface area contributed by atoms with Crippen LogP contribution < -0.4 is 5.32 Å². The summed E-state index contributed by atoms with van der Waals surface area (Å²) in [5.41, 5.74) is 1.69. The minimum Gasteiger partial charge on any atom is -0.391 e. The molecule has 7 nitrogen and oxygen atoms in total. The summed E-state index contributed by atoms with van der Waals surface area (Å²) in [4.78, 5) is 21.4. The highest BCUT2D eigenvalue weighted by molar-refractivity contribution is 5.98. The van der Waals surface area contributed by atoms with E-state index < -0.39 is 6.10 Å². The Kier molecular flexibility index (Phi) is 4.93. The van der Waals surface area contributed by atoms with Gasteiger partial charge >= 0.3 is 0 Å². The first-order chi connectivity index (χ1) is 13.2. The zero-order valence-corrected chi connectivity index (χ0v) is 14.8. The summed E-state index contributed by atoms with van der Waals surface area (Å²) in [6, 6.07) is 10.7.